The van der Waals surface area contributed by atoms with Crippen LogP contribution >= 0.6 is 0 Å². The summed E-state index contributed by atoms with van der Waals surface area (Å²) >= 11 is 0. The molecule has 0 bridgehead atoms. The summed E-state index contributed by atoms with van der Waals surface area (Å²) in [5, 5.41) is 20.2. The minimum atomic E-state index is -0.125. The van der Waals surface area contributed by atoms with E-state index in [0.717, 1.165) is 103 Å². The van der Waals surface area contributed by atoms with Crippen molar-refractivity contribution in [2.24, 2.45) is 23.7 Å². The Hall–Kier alpha value is -11.4. The summed E-state index contributed by atoms with van der Waals surface area (Å²) in [7, 11) is 0. The summed E-state index contributed by atoms with van der Waals surface area (Å²) in [5.41, 5.74) is 31.7. The summed E-state index contributed by atoms with van der Waals surface area (Å²) < 4.78 is 0. The number of nitrogens with zero attached hydrogens (tertiary/aromatic N) is 6. The summed E-state index contributed by atoms with van der Waals surface area (Å²) in [6, 6.07) is 114. The number of aryl methyl sites for hydroxylation is 8. The SMILES string of the molecule is CC(=O)C=C(C)O.CC(C)CC(=O)C=C(O)CC(C)C.Cc1[c-]c(-c2cc(CC(C)C)c3ccccc3n2)cc(C)c1.Cc1[c-]c(-c2ccc3c(CC(C)C)cccc3n2)cc(C)c1.Cc1cc(-c2[c-]cccc2)ncc1-c1ccccc1.Cc1ccc(-c2[c-]cccc2)nc1.Cc1ccc(-c2ccnc(-c3[c-]cccc3)c2)cc1.Cc1ccnc(-c2[c-]cccc2)c1.[Ir].[Ir].[Ir].[Ir]. The number of hydrogen-bond acceptors (Lipinski definition) is 10. The molecule has 0 fully saturated rings. The van der Waals surface area contributed by atoms with Crippen LogP contribution in [-0.4, -0.2) is 51.7 Å². The average molecular weight is 2460 g/mol. The molecule has 2 N–H and O–H groups in total. The van der Waals surface area contributed by atoms with Crippen LogP contribution in [0, 0.1) is 115 Å². The Morgan fingerprint density at radius 1 is 0.341 bits per heavy atom. The number of ketones is 2. The number of hydrogen-bond donors (Lipinski definition) is 2. The molecule has 0 unspecified atom stereocenters. The van der Waals surface area contributed by atoms with Gasteiger partial charge in [0, 0.05) is 147 Å². The standard InChI is InChI=1S/2C21H22N.2C18H14N.2C12H10N.C11H20O2.C5H8O2.4Ir/c1-14(2)10-17-6-5-7-21-19(17)8-9-20(22-21)18-12-15(3)11-16(4)13-18;1-14(2)9-17-13-21(18-11-15(3)10-16(4)12-18)22-20-8-6-5-7-19(17)20;1-14-12-18(16-10-6-3-7-11-16)19-13-17(14)15-8-4-2-5-9-15;1-14-7-9-15(10-8-14)17-11-12-19-18(13-17)16-5-3-2-4-6-16;1-10-7-8-13-12(9-10)11-5-3-2-4-6-11;1-10-7-8-12(13-9-10)11-5-3-2-4-6-11;1-8(2)5-10(12)7-11(13)6-9(3)4;1-4(6)3-5(2)7;;;;/h5-9,11-12,14H,10H2,1-4H3;5-8,10-11,13-14H,9H2,1-4H3;2-10,12-13H,1H3;2-5,7-13H,1H3;2*2-5,7-9H,1H3;7-9,12H,5-6H2,1-4H3;3,6H,1-2H3;;;;/q6*-1;;;;;;. The third-order valence-corrected chi connectivity index (χ3v) is 19.8. The van der Waals surface area contributed by atoms with Crippen LogP contribution in [0.25, 0.3) is 112 Å². The fourth-order valence-corrected chi connectivity index (χ4v) is 14.1. The monoisotopic (exact) mass is 2460 g/mol. The van der Waals surface area contributed by atoms with E-state index in [-0.39, 0.29) is 104 Å². The smallest absolute Gasteiger partial charge is 0.159 e. The van der Waals surface area contributed by atoms with Gasteiger partial charge in [-0.25, -0.2) is 0 Å². The molecule has 14 heteroatoms. The molecule has 6 heterocycles. The molecule has 0 spiro atoms. The number of benzene rings is 10. The first-order valence-corrected chi connectivity index (χ1v) is 43.9. The van der Waals surface area contributed by atoms with Crippen molar-refractivity contribution >= 4 is 33.4 Å². The maximum Gasteiger partial charge on any atom is 0.159 e. The number of fused-ring (bicyclic) bond motifs is 2. The first-order valence-electron chi connectivity index (χ1n) is 43.9. The van der Waals surface area contributed by atoms with E-state index in [2.05, 4.69) is 278 Å². The van der Waals surface area contributed by atoms with E-state index in [1.165, 1.54) is 104 Å². The summed E-state index contributed by atoms with van der Waals surface area (Å²) in [4.78, 5) is 48.5. The fourth-order valence-electron chi connectivity index (χ4n) is 14.1. The minimum Gasteiger partial charge on any atom is -0.512 e. The molecule has 688 valence electrons. The van der Waals surface area contributed by atoms with Crippen LogP contribution in [0.15, 0.2) is 328 Å². The van der Waals surface area contributed by atoms with Gasteiger partial charge in [0.15, 0.2) is 11.6 Å². The van der Waals surface area contributed by atoms with Crippen LogP contribution in [0.5, 0.6) is 0 Å². The fraction of sp³-hybridized carbons (Fsp3) is 0.220. The Morgan fingerprint density at radius 2 is 0.803 bits per heavy atom. The zero-order valence-electron chi connectivity index (χ0n) is 78.9. The van der Waals surface area contributed by atoms with Crippen LogP contribution in [0.3, 0.4) is 0 Å². The van der Waals surface area contributed by atoms with Gasteiger partial charge in [0.05, 0.1) is 22.6 Å². The summed E-state index contributed by atoms with van der Waals surface area (Å²) in [5.74, 6) is 2.19. The largest absolute Gasteiger partial charge is 0.512 e. The number of allylic oxidation sites excluding steroid dienone is 4. The molecular weight excluding hydrogens is 2330 g/mol. The average Bonchev–Trinajstić information content (AvgIpc) is 0.826. The minimum absolute atomic E-state index is 0. The summed E-state index contributed by atoms with van der Waals surface area (Å²) in [6.45, 7) is 36.6. The van der Waals surface area contributed by atoms with Gasteiger partial charge in [-0.3, -0.25) is 19.6 Å². The van der Waals surface area contributed by atoms with Gasteiger partial charge < -0.3 is 30.1 Å². The number of rotatable bonds is 18. The van der Waals surface area contributed by atoms with Gasteiger partial charge in [-0.05, 0) is 175 Å². The van der Waals surface area contributed by atoms with Crippen molar-refractivity contribution in [3.63, 3.8) is 0 Å². The van der Waals surface area contributed by atoms with Gasteiger partial charge in [0.1, 0.15) is 0 Å². The van der Waals surface area contributed by atoms with E-state index < -0.39 is 0 Å². The van der Waals surface area contributed by atoms with E-state index >= 15 is 0 Å². The molecule has 0 saturated heterocycles. The van der Waals surface area contributed by atoms with E-state index in [4.69, 9.17) is 15.1 Å². The Kier molecular flexibility index (Phi) is 48.7. The molecule has 4 radical (unpaired) electrons. The molecule has 10 nitrogen and oxygen atoms in total. The van der Waals surface area contributed by atoms with E-state index in [9.17, 15) is 14.7 Å². The predicted octanol–water partition coefficient (Wildman–Crippen LogP) is 29.9. The molecule has 16 rings (SSSR count). The Balaban J connectivity index is 0.000000270. The van der Waals surface area contributed by atoms with Crippen molar-refractivity contribution < 1.29 is 100 Å². The first-order chi connectivity index (χ1) is 61.5. The molecule has 0 aliphatic rings. The number of para-hydroxylation sites is 1. The molecule has 132 heavy (non-hydrogen) atoms. The van der Waals surface area contributed by atoms with Crippen molar-refractivity contribution in [1.82, 2.24) is 29.9 Å². The Bertz CT molecular complexity index is 6190. The van der Waals surface area contributed by atoms with Crippen LogP contribution < -0.4 is 0 Å². The topological polar surface area (TPSA) is 152 Å². The van der Waals surface area contributed by atoms with Crippen LogP contribution in [0.4, 0.5) is 0 Å². The molecule has 6 aromatic heterocycles. The van der Waals surface area contributed by atoms with Crippen molar-refractivity contribution in [1.29, 1.82) is 0 Å². The number of aliphatic hydroxyl groups excluding tert-OH is 2. The quantitative estimate of drug-likeness (QED) is 0.0482. The third-order valence-electron chi connectivity index (χ3n) is 19.8. The van der Waals surface area contributed by atoms with Gasteiger partial charge in [0.2, 0.25) is 0 Å². The molecule has 0 amide bonds. The maximum atomic E-state index is 11.2. The number of carbonyl (C=O) groups is 2. The van der Waals surface area contributed by atoms with E-state index in [1.807, 2.05) is 193 Å². The maximum absolute atomic E-state index is 11.2. The second-order valence-corrected chi connectivity index (χ2v) is 33.9. The van der Waals surface area contributed by atoms with Crippen LogP contribution in [0.2, 0.25) is 0 Å². The Labute approximate surface area is 839 Å². The third kappa shape index (κ3) is 38.1. The first kappa shape index (κ1) is 111. The molecular formula is C118H120Ir4N6O4-6. The number of pyridine rings is 6. The van der Waals surface area contributed by atoms with Gasteiger partial charge in [-0.2, -0.15) is 0 Å². The van der Waals surface area contributed by atoms with Crippen molar-refractivity contribution in [3.8, 4) is 89.8 Å². The van der Waals surface area contributed by atoms with Crippen LogP contribution in [0.1, 0.15) is 138 Å². The molecule has 10 aromatic carbocycles. The van der Waals surface area contributed by atoms with Crippen molar-refractivity contribution in [2.45, 2.75) is 150 Å². The van der Waals surface area contributed by atoms with Crippen molar-refractivity contribution in [3.05, 3.63) is 420 Å². The van der Waals surface area contributed by atoms with Gasteiger partial charge >= 0.3 is 0 Å². The van der Waals surface area contributed by atoms with Gasteiger partial charge in [-0.1, -0.05) is 228 Å². The summed E-state index contributed by atoms with van der Waals surface area (Å²) in [6.07, 6.45) is 13.3. The van der Waals surface area contributed by atoms with Crippen molar-refractivity contribution in [2.75, 3.05) is 0 Å². The van der Waals surface area contributed by atoms with Gasteiger partial charge in [0.25, 0.3) is 0 Å². The zero-order valence-corrected chi connectivity index (χ0v) is 88.5. The van der Waals surface area contributed by atoms with Gasteiger partial charge in [-0.15, -0.1) is 213 Å². The normalized spacial score (nSPS) is 10.6. The zero-order chi connectivity index (χ0) is 92.0. The molecule has 0 aliphatic carbocycles. The molecule has 0 atom stereocenters. The number of aromatic nitrogens is 6. The van der Waals surface area contributed by atoms with E-state index in [1.54, 1.807) is 0 Å². The van der Waals surface area contributed by atoms with E-state index in [0.29, 0.717) is 36.5 Å². The molecule has 0 saturated carbocycles. The number of carbonyl (C=O) groups excluding carboxylic acids is 2. The molecule has 0 aliphatic heterocycles. The second-order valence-electron chi connectivity index (χ2n) is 33.9. The Morgan fingerprint density at radius 3 is 1.29 bits per heavy atom. The predicted molar refractivity (Wildman–Crippen MR) is 534 cm³/mol. The molecule has 16 aromatic rings. The number of aliphatic hydroxyl groups is 2. The van der Waals surface area contributed by atoms with Crippen LogP contribution in [-0.2, 0) is 103 Å². The second kappa shape index (κ2) is 57.8.